The van der Waals surface area contributed by atoms with Crippen LogP contribution in [0.1, 0.15) is 25.7 Å². The summed E-state index contributed by atoms with van der Waals surface area (Å²) in [5.74, 6) is -0.938. The fraction of sp³-hybridized carbons (Fsp3) is 0.727. The van der Waals surface area contributed by atoms with Crippen LogP contribution < -0.4 is 0 Å². The van der Waals surface area contributed by atoms with Crippen molar-refractivity contribution < 1.29 is 24.5 Å². The molecule has 0 saturated carbocycles. The van der Waals surface area contributed by atoms with E-state index >= 15 is 0 Å². The molecule has 1 aliphatic rings. The molecule has 1 saturated heterocycles. The highest BCUT2D eigenvalue weighted by atomic mass is 16.7. The molecule has 1 rings (SSSR count). The molecule has 0 amide bonds. The zero-order chi connectivity index (χ0) is 11.8. The van der Waals surface area contributed by atoms with Crippen molar-refractivity contribution in [3.05, 3.63) is 12.2 Å². The summed E-state index contributed by atoms with van der Waals surface area (Å²) in [5, 5.41) is 17.8. The summed E-state index contributed by atoms with van der Waals surface area (Å²) < 4.78 is 10.6. The van der Waals surface area contributed by atoms with Crippen LogP contribution in [0.3, 0.4) is 0 Å². The second kappa shape index (κ2) is 7.38. The van der Waals surface area contributed by atoms with Crippen LogP contribution in [0.4, 0.5) is 0 Å². The van der Waals surface area contributed by atoms with Crippen molar-refractivity contribution in [2.24, 2.45) is 0 Å². The number of aliphatic hydroxyl groups excluding tert-OH is 1. The number of carboxylic acid groups (broad SMARTS) is 1. The van der Waals surface area contributed by atoms with Crippen molar-refractivity contribution in [3.8, 4) is 0 Å². The van der Waals surface area contributed by atoms with Gasteiger partial charge in [-0.05, 0) is 25.7 Å². The van der Waals surface area contributed by atoms with Gasteiger partial charge in [-0.2, -0.15) is 0 Å². The van der Waals surface area contributed by atoms with Crippen LogP contribution in [-0.2, 0) is 14.3 Å². The van der Waals surface area contributed by atoms with Gasteiger partial charge in [0.1, 0.15) is 6.10 Å². The highest BCUT2D eigenvalue weighted by molar-refractivity contribution is 5.79. The number of allylic oxidation sites excluding steroid dienone is 1. The van der Waals surface area contributed by atoms with Gasteiger partial charge < -0.3 is 19.7 Å². The highest BCUT2D eigenvalue weighted by Gasteiger charge is 2.23. The Bertz CT molecular complexity index is 239. The van der Waals surface area contributed by atoms with Gasteiger partial charge in [-0.3, -0.25) is 0 Å². The molecule has 0 aliphatic carbocycles. The second-order valence-electron chi connectivity index (χ2n) is 3.70. The zero-order valence-electron chi connectivity index (χ0n) is 9.17. The SMILES string of the molecule is O=C(O)/C=C/CCCOC1OCCCC1O. The Labute approximate surface area is 94.7 Å². The van der Waals surface area contributed by atoms with Gasteiger partial charge >= 0.3 is 5.97 Å². The standard InChI is InChI=1S/C11H18O5/c12-9-5-4-8-16-11(9)15-7-3-1-2-6-10(13)14/h2,6,9,11-12H,1,3-5,7-8H2,(H,13,14)/b6-2+. The highest BCUT2D eigenvalue weighted by Crippen LogP contribution is 2.15. The van der Waals surface area contributed by atoms with E-state index in [-0.39, 0.29) is 0 Å². The van der Waals surface area contributed by atoms with Crippen molar-refractivity contribution >= 4 is 5.97 Å². The summed E-state index contributed by atoms with van der Waals surface area (Å²) in [4.78, 5) is 10.2. The maximum absolute atomic E-state index is 10.2. The van der Waals surface area contributed by atoms with E-state index in [9.17, 15) is 9.90 Å². The maximum Gasteiger partial charge on any atom is 0.327 e. The third-order valence-corrected chi connectivity index (χ3v) is 2.30. The van der Waals surface area contributed by atoms with Gasteiger partial charge in [0.05, 0.1) is 6.61 Å². The number of carboxylic acids is 1. The lowest BCUT2D eigenvalue weighted by Crippen LogP contribution is -2.36. The smallest absolute Gasteiger partial charge is 0.327 e. The minimum Gasteiger partial charge on any atom is -0.478 e. The number of carbonyl (C=O) groups is 1. The maximum atomic E-state index is 10.2. The first kappa shape index (κ1) is 13.2. The molecule has 1 fully saturated rings. The van der Waals surface area contributed by atoms with Crippen LogP contribution >= 0.6 is 0 Å². The molecule has 0 spiro atoms. The first-order valence-electron chi connectivity index (χ1n) is 5.51. The Hall–Kier alpha value is -0.910. The molecule has 0 aromatic carbocycles. The predicted octanol–water partition coefficient (Wildman–Crippen LogP) is 0.921. The predicted molar refractivity (Wildman–Crippen MR) is 56.9 cm³/mol. The molecule has 5 heteroatoms. The fourth-order valence-electron chi connectivity index (χ4n) is 1.48. The fourth-order valence-corrected chi connectivity index (χ4v) is 1.48. The van der Waals surface area contributed by atoms with Crippen molar-refractivity contribution in [3.63, 3.8) is 0 Å². The largest absolute Gasteiger partial charge is 0.478 e. The molecule has 92 valence electrons. The van der Waals surface area contributed by atoms with E-state index in [1.54, 1.807) is 6.08 Å². The normalized spacial score (nSPS) is 26.1. The molecular weight excluding hydrogens is 212 g/mol. The first-order chi connectivity index (χ1) is 7.70. The van der Waals surface area contributed by atoms with E-state index in [0.29, 0.717) is 26.1 Å². The lowest BCUT2D eigenvalue weighted by Gasteiger charge is -2.27. The van der Waals surface area contributed by atoms with Gasteiger partial charge in [0.2, 0.25) is 0 Å². The quantitative estimate of drug-likeness (QED) is 0.524. The summed E-state index contributed by atoms with van der Waals surface area (Å²) in [6, 6.07) is 0. The number of ether oxygens (including phenoxy) is 2. The lowest BCUT2D eigenvalue weighted by molar-refractivity contribution is -0.214. The molecule has 1 aliphatic heterocycles. The van der Waals surface area contributed by atoms with Crippen LogP contribution in [0, 0.1) is 0 Å². The van der Waals surface area contributed by atoms with E-state index < -0.39 is 18.4 Å². The van der Waals surface area contributed by atoms with E-state index in [2.05, 4.69) is 0 Å². The first-order valence-corrected chi connectivity index (χ1v) is 5.51. The van der Waals surface area contributed by atoms with Gasteiger partial charge in [0.25, 0.3) is 0 Å². The molecule has 0 bridgehead atoms. The molecule has 0 aromatic heterocycles. The zero-order valence-corrected chi connectivity index (χ0v) is 9.17. The molecule has 5 nitrogen and oxygen atoms in total. The van der Waals surface area contributed by atoms with Crippen molar-refractivity contribution in [1.29, 1.82) is 0 Å². The van der Waals surface area contributed by atoms with Gasteiger partial charge in [0, 0.05) is 12.7 Å². The lowest BCUT2D eigenvalue weighted by atomic mass is 10.1. The van der Waals surface area contributed by atoms with Crippen LogP contribution in [0.5, 0.6) is 0 Å². The Kier molecular flexibility index (Phi) is 6.07. The van der Waals surface area contributed by atoms with Gasteiger partial charge in [-0.25, -0.2) is 4.79 Å². The second-order valence-corrected chi connectivity index (χ2v) is 3.70. The van der Waals surface area contributed by atoms with E-state index in [1.165, 1.54) is 0 Å². The number of aliphatic hydroxyl groups is 1. The summed E-state index contributed by atoms with van der Waals surface area (Å²) in [7, 11) is 0. The molecule has 16 heavy (non-hydrogen) atoms. The minimum atomic E-state index is -0.938. The van der Waals surface area contributed by atoms with E-state index in [0.717, 1.165) is 18.9 Å². The van der Waals surface area contributed by atoms with Crippen molar-refractivity contribution in [2.75, 3.05) is 13.2 Å². The third-order valence-electron chi connectivity index (χ3n) is 2.30. The Morgan fingerprint density at radius 1 is 1.56 bits per heavy atom. The summed E-state index contributed by atoms with van der Waals surface area (Å²) in [6.07, 6.45) is 4.59. The van der Waals surface area contributed by atoms with E-state index in [1.807, 2.05) is 0 Å². The molecule has 2 N–H and O–H groups in total. The number of aliphatic carboxylic acids is 1. The molecule has 0 aromatic rings. The average Bonchev–Trinajstić information content (AvgIpc) is 2.25. The van der Waals surface area contributed by atoms with Crippen LogP contribution in [-0.4, -0.2) is 41.8 Å². The number of rotatable bonds is 6. The average molecular weight is 230 g/mol. The molecule has 0 radical (unpaired) electrons. The third kappa shape index (κ3) is 5.25. The molecule has 2 atom stereocenters. The molecule has 1 heterocycles. The van der Waals surface area contributed by atoms with E-state index in [4.69, 9.17) is 14.6 Å². The number of hydrogen-bond acceptors (Lipinski definition) is 4. The monoisotopic (exact) mass is 230 g/mol. The van der Waals surface area contributed by atoms with Crippen LogP contribution in [0.25, 0.3) is 0 Å². The Balaban J connectivity index is 2.04. The van der Waals surface area contributed by atoms with Crippen molar-refractivity contribution in [1.82, 2.24) is 0 Å². The van der Waals surface area contributed by atoms with Crippen LogP contribution in [0.15, 0.2) is 12.2 Å². The Morgan fingerprint density at radius 3 is 3.06 bits per heavy atom. The number of unbranched alkanes of at least 4 members (excludes halogenated alkanes) is 1. The number of hydrogen-bond donors (Lipinski definition) is 2. The van der Waals surface area contributed by atoms with Crippen LogP contribution in [0.2, 0.25) is 0 Å². The van der Waals surface area contributed by atoms with Gasteiger partial charge in [-0.1, -0.05) is 6.08 Å². The summed E-state index contributed by atoms with van der Waals surface area (Å²) in [5.41, 5.74) is 0. The van der Waals surface area contributed by atoms with Gasteiger partial charge in [-0.15, -0.1) is 0 Å². The minimum absolute atomic E-state index is 0.464. The topological polar surface area (TPSA) is 76.0 Å². The molecular formula is C11H18O5. The Morgan fingerprint density at radius 2 is 2.38 bits per heavy atom. The summed E-state index contributed by atoms with van der Waals surface area (Å²) >= 11 is 0. The van der Waals surface area contributed by atoms with Crippen molar-refractivity contribution in [2.45, 2.75) is 38.1 Å². The summed E-state index contributed by atoms with van der Waals surface area (Å²) in [6.45, 7) is 1.09. The molecule has 2 unspecified atom stereocenters. The van der Waals surface area contributed by atoms with Gasteiger partial charge in [0.15, 0.2) is 6.29 Å².